The second-order valence-electron chi connectivity index (χ2n) is 5.50. The summed E-state index contributed by atoms with van der Waals surface area (Å²) in [7, 11) is 1.57. The number of aromatic amines is 1. The second kappa shape index (κ2) is 8.09. The Morgan fingerprint density at radius 3 is 2.63 bits per heavy atom. The number of amides is 1. The molecular weight excluding hydrogens is 353 g/mol. The van der Waals surface area contributed by atoms with Crippen LogP contribution < -0.4 is 15.6 Å². The summed E-state index contributed by atoms with van der Waals surface area (Å²) in [6.45, 7) is 0.139. The summed E-state index contributed by atoms with van der Waals surface area (Å²) >= 11 is 0. The molecule has 8 nitrogen and oxygen atoms in total. The highest BCUT2D eigenvalue weighted by Crippen LogP contribution is 2.09. The zero-order valence-corrected chi connectivity index (χ0v) is 14.3. The number of hydrogen-bond acceptors (Lipinski definition) is 5. The van der Waals surface area contributed by atoms with Crippen molar-refractivity contribution in [1.29, 1.82) is 0 Å². The number of nitrogens with zero attached hydrogens (tertiary/aromatic N) is 3. The minimum atomic E-state index is -0.684. The molecule has 3 rings (SSSR count). The van der Waals surface area contributed by atoms with Crippen LogP contribution in [0.4, 0.5) is 4.39 Å². The lowest BCUT2D eigenvalue weighted by atomic mass is 10.2. The summed E-state index contributed by atoms with van der Waals surface area (Å²) in [5.41, 5.74) is 0.429. The minimum Gasteiger partial charge on any atom is -0.497 e. The van der Waals surface area contributed by atoms with Crippen LogP contribution in [0, 0.1) is 5.82 Å². The van der Waals surface area contributed by atoms with E-state index in [1.807, 2.05) is 0 Å². The van der Waals surface area contributed by atoms with Gasteiger partial charge in [0.1, 0.15) is 11.6 Å². The lowest BCUT2D eigenvalue weighted by molar-refractivity contribution is 0.0944. The summed E-state index contributed by atoms with van der Waals surface area (Å²) in [5.74, 6) is -0.320. The number of nitrogens with one attached hydrogen (secondary N) is 2. The van der Waals surface area contributed by atoms with Gasteiger partial charge in [-0.15, -0.1) is 9.89 Å². The van der Waals surface area contributed by atoms with Gasteiger partial charge in [-0.05, 0) is 47.5 Å². The van der Waals surface area contributed by atoms with Crippen LogP contribution >= 0.6 is 0 Å². The molecule has 2 aromatic carbocycles. The Morgan fingerprint density at radius 2 is 1.96 bits per heavy atom. The Morgan fingerprint density at radius 1 is 1.26 bits per heavy atom. The highest BCUT2D eigenvalue weighted by Gasteiger charge is 2.16. The van der Waals surface area contributed by atoms with E-state index in [-0.39, 0.29) is 18.1 Å². The van der Waals surface area contributed by atoms with Gasteiger partial charge in [-0.3, -0.25) is 9.59 Å². The third-order valence-electron chi connectivity index (χ3n) is 3.67. The van der Waals surface area contributed by atoms with Crippen LogP contribution in [0.3, 0.4) is 0 Å². The zero-order valence-electron chi connectivity index (χ0n) is 14.3. The summed E-state index contributed by atoms with van der Waals surface area (Å²) in [4.78, 5) is 25.2. The molecule has 0 aliphatic heterocycles. The molecule has 1 aromatic heterocycles. The van der Waals surface area contributed by atoms with Crippen LogP contribution in [-0.4, -0.2) is 34.3 Å². The predicted molar refractivity (Wildman–Crippen MR) is 96.4 cm³/mol. The predicted octanol–water partition coefficient (Wildman–Crippen LogP) is 1.53. The van der Waals surface area contributed by atoms with Gasteiger partial charge in [-0.2, -0.15) is 10.3 Å². The molecule has 0 fully saturated rings. The molecule has 0 atom stereocenters. The maximum Gasteiger partial charge on any atom is 0.320 e. The number of rotatable bonds is 6. The molecule has 27 heavy (non-hydrogen) atoms. The first-order valence-electron chi connectivity index (χ1n) is 7.95. The lowest BCUT2D eigenvalue weighted by Crippen LogP contribution is -2.29. The van der Waals surface area contributed by atoms with Crippen LogP contribution in [0.25, 0.3) is 0 Å². The van der Waals surface area contributed by atoms with E-state index in [2.05, 4.69) is 20.7 Å². The van der Waals surface area contributed by atoms with Gasteiger partial charge >= 0.3 is 5.56 Å². The molecule has 0 bridgehead atoms. The molecule has 9 heteroatoms. The molecule has 0 saturated carbocycles. The molecule has 0 aliphatic rings. The van der Waals surface area contributed by atoms with E-state index >= 15 is 0 Å². The van der Waals surface area contributed by atoms with Gasteiger partial charge in [0.2, 0.25) is 5.69 Å². The zero-order chi connectivity index (χ0) is 19.2. The van der Waals surface area contributed by atoms with E-state index in [9.17, 15) is 14.0 Å². The summed E-state index contributed by atoms with van der Waals surface area (Å²) in [5, 5.41) is 12.6. The van der Waals surface area contributed by atoms with Crippen LogP contribution in [0.15, 0.2) is 58.4 Å². The maximum absolute atomic E-state index is 12.9. The third kappa shape index (κ3) is 4.46. The first-order valence-corrected chi connectivity index (χ1v) is 7.95. The number of carbonyl (C=O) groups is 1. The SMILES string of the molecule is COc1ccc(/C=N\n2[nH]nc(C(=O)NCc3ccc(F)cc3)c2=O)cc1. The van der Waals surface area contributed by atoms with Crippen molar-refractivity contribution in [1.82, 2.24) is 20.4 Å². The molecule has 1 heterocycles. The number of hydrogen-bond donors (Lipinski definition) is 2. The highest BCUT2D eigenvalue weighted by molar-refractivity contribution is 5.91. The van der Waals surface area contributed by atoms with Crippen molar-refractivity contribution < 1.29 is 13.9 Å². The Bertz CT molecular complexity index is 1010. The minimum absolute atomic E-state index is 0.139. The second-order valence-corrected chi connectivity index (χ2v) is 5.50. The fraction of sp³-hybridized carbons (Fsp3) is 0.111. The number of ether oxygens (including phenoxy) is 1. The van der Waals surface area contributed by atoms with Crippen LogP contribution in [-0.2, 0) is 6.54 Å². The molecule has 3 aromatic rings. The van der Waals surface area contributed by atoms with E-state index in [1.165, 1.54) is 30.5 Å². The number of halogens is 1. The average molecular weight is 369 g/mol. The van der Waals surface area contributed by atoms with Crippen molar-refractivity contribution in [3.8, 4) is 5.75 Å². The van der Waals surface area contributed by atoms with Crippen molar-refractivity contribution in [3.63, 3.8) is 0 Å². The van der Waals surface area contributed by atoms with E-state index in [0.717, 1.165) is 10.4 Å². The lowest BCUT2D eigenvalue weighted by Gasteiger charge is -2.02. The Labute approximate surface area is 153 Å². The average Bonchev–Trinajstić information content (AvgIpc) is 3.06. The summed E-state index contributed by atoms with van der Waals surface area (Å²) in [6, 6.07) is 12.7. The van der Waals surface area contributed by atoms with Crippen molar-refractivity contribution >= 4 is 12.1 Å². The summed E-state index contributed by atoms with van der Waals surface area (Å²) < 4.78 is 17.9. The molecule has 0 spiro atoms. The molecule has 1 amide bonds. The van der Waals surface area contributed by atoms with Gasteiger partial charge in [0.05, 0.1) is 13.3 Å². The van der Waals surface area contributed by atoms with E-state index < -0.39 is 11.5 Å². The smallest absolute Gasteiger partial charge is 0.320 e. The van der Waals surface area contributed by atoms with E-state index in [0.29, 0.717) is 11.3 Å². The largest absolute Gasteiger partial charge is 0.497 e. The first kappa shape index (κ1) is 18.1. The van der Waals surface area contributed by atoms with Gasteiger partial charge in [-0.1, -0.05) is 12.1 Å². The fourth-order valence-electron chi connectivity index (χ4n) is 2.20. The third-order valence-corrected chi connectivity index (χ3v) is 3.67. The van der Waals surface area contributed by atoms with Crippen LogP contribution in [0.2, 0.25) is 0 Å². The summed E-state index contributed by atoms with van der Waals surface area (Å²) in [6.07, 6.45) is 1.44. The van der Waals surface area contributed by atoms with Crippen LogP contribution in [0.1, 0.15) is 21.6 Å². The molecule has 0 saturated heterocycles. The van der Waals surface area contributed by atoms with Crippen molar-refractivity contribution in [2.75, 3.05) is 7.11 Å². The molecule has 2 N–H and O–H groups in total. The van der Waals surface area contributed by atoms with Crippen LogP contribution in [0.5, 0.6) is 5.75 Å². The molecule has 0 unspecified atom stereocenters. The number of benzene rings is 2. The normalized spacial score (nSPS) is 10.9. The number of H-pyrrole nitrogens is 1. The Hall–Kier alpha value is -3.75. The number of methoxy groups -OCH3 is 1. The van der Waals surface area contributed by atoms with Gasteiger partial charge in [-0.25, -0.2) is 4.39 Å². The quantitative estimate of drug-likeness (QED) is 0.644. The Balaban J connectivity index is 1.66. The van der Waals surface area contributed by atoms with E-state index in [4.69, 9.17) is 4.74 Å². The topological polar surface area (TPSA) is 101 Å². The monoisotopic (exact) mass is 369 g/mol. The molecule has 0 radical (unpaired) electrons. The maximum atomic E-state index is 12.9. The van der Waals surface area contributed by atoms with Crippen molar-refractivity contribution in [2.24, 2.45) is 5.10 Å². The van der Waals surface area contributed by atoms with Crippen molar-refractivity contribution in [3.05, 3.63) is 81.5 Å². The highest BCUT2D eigenvalue weighted by atomic mass is 19.1. The van der Waals surface area contributed by atoms with Gasteiger partial charge in [0.15, 0.2) is 0 Å². The molecule has 138 valence electrons. The fourth-order valence-corrected chi connectivity index (χ4v) is 2.20. The van der Waals surface area contributed by atoms with Gasteiger partial charge in [0, 0.05) is 6.54 Å². The van der Waals surface area contributed by atoms with Crippen molar-refractivity contribution in [2.45, 2.75) is 6.54 Å². The van der Waals surface area contributed by atoms with Gasteiger partial charge < -0.3 is 10.1 Å². The van der Waals surface area contributed by atoms with Gasteiger partial charge in [0.25, 0.3) is 5.91 Å². The first-order chi connectivity index (χ1) is 13.1. The standard InChI is InChI=1S/C18H16FN5O3/c1-27-15-8-4-13(5-9-15)11-21-24-18(26)16(22-23-24)17(25)20-10-12-2-6-14(19)7-3-12/h2-9,11,23H,10H2,1H3,(H,20,25)/b21-11-. The Kier molecular flexibility index (Phi) is 5.41. The molecule has 0 aliphatic carbocycles. The number of carbonyl (C=O) groups excluding carboxylic acids is 1. The van der Waals surface area contributed by atoms with E-state index in [1.54, 1.807) is 31.4 Å². The number of aromatic nitrogens is 3. The molecular formula is C18H16FN5O3.